The molecule has 0 rings (SSSR count). The first-order valence-electron chi connectivity index (χ1n) is 33.0. The lowest BCUT2D eigenvalue weighted by molar-refractivity contribution is -0.147. The van der Waals surface area contributed by atoms with Gasteiger partial charge >= 0.3 is 23.9 Å². The van der Waals surface area contributed by atoms with E-state index in [9.17, 15) is 19.2 Å². The molecule has 0 radical (unpaired) electrons. The molecular formula is C65H127N3O8S2. The van der Waals surface area contributed by atoms with Crippen LogP contribution < -0.4 is 0 Å². The quantitative estimate of drug-likeness (QED) is 0.0249. The van der Waals surface area contributed by atoms with Crippen molar-refractivity contribution in [1.29, 1.82) is 0 Å². The van der Waals surface area contributed by atoms with Gasteiger partial charge in [0.25, 0.3) is 0 Å². The number of unbranched alkanes of at least 4 members (excludes halogenated alkanes) is 17. The summed E-state index contributed by atoms with van der Waals surface area (Å²) < 4.78 is 23.4. The number of esters is 4. The number of ether oxygens (including phenoxy) is 4. The van der Waals surface area contributed by atoms with E-state index >= 15 is 0 Å². The highest BCUT2D eigenvalue weighted by Gasteiger charge is 2.19. The van der Waals surface area contributed by atoms with E-state index in [1.807, 2.05) is 10.8 Å². The molecule has 0 heterocycles. The summed E-state index contributed by atoms with van der Waals surface area (Å²) in [7, 11) is 5.82. The third-order valence-corrected chi connectivity index (χ3v) is 17.8. The summed E-state index contributed by atoms with van der Waals surface area (Å²) in [6.45, 7) is 23.0. The van der Waals surface area contributed by atoms with Gasteiger partial charge in [-0.3, -0.25) is 19.2 Å². The van der Waals surface area contributed by atoms with Crippen LogP contribution in [0.1, 0.15) is 280 Å². The second-order valence-electron chi connectivity index (χ2n) is 22.9. The molecule has 11 nitrogen and oxygen atoms in total. The second kappa shape index (κ2) is 58.6. The predicted octanol–water partition coefficient (Wildman–Crippen LogP) is 17.1. The van der Waals surface area contributed by atoms with E-state index in [4.69, 9.17) is 18.9 Å². The average Bonchev–Trinajstić information content (AvgIpc) is 3.44. The first kappa shape index (κ1) is 76.5. The average molecular weight is 1140 g/mol. The van der Waals surface area contributed by atoms with Crippen molar-refractivity contribution in [1.82, 2.24) is 14.7 Å². The normalized spacial score (nSPS) is 12.9. The van der Waals surface area contributed by atoms with Crippen LogP contribution in [0.5, 0.6) is 0 Å². The van der Waals surface area contributed by atoms with E-state index in [2.05, 4.69) is 70.2 Å². The zero-order valence-corrected chi connectivity index (χ0v) is 54.1. The van der Waals surface area contributed by atoms with Gasteiger partial charge in [-0.15, -0.1) is 0 Å². The van der Waals surface area contributed by atoms with Gasteiger partial charge in [-0.2, -0.15) is 0 Å². The minimum atomic E-state index is -0.183. The Hall–Kier alpha value is -1.54. The van der Waals surface area contributed by atoms with Gasteiger partial charge in [-0.25, -0.2) is 0 Å². The fraction of sp³-hybridized carbons (Fsp3) is 0.938. The summed E-state index contributed by atoms with van der Waals surface area (Å²) in [5, 5.41) is 0. The Bertz CT molecular complexity index is 1300. The number of hydrogen-bond donors (Lipinski definition) is 0. The lowest BCUT2D eigenvalue weighted by atomic mass is 9.96. The molecule has 78 heavy (non-hydrogen) atoms. The molecule has 0 aromatic rings. The van der Waals surface area contributed by atoms with Crippen LogP contribution in [0.3, 0.4) is 0 Å². The van der Waals surface area contributed by atoms with Crippen molar-refractivity contribution in [3.05, 3.63) is 0 Å². The topological polar surface area (TPSA) is 115 Å². The maximum atomic E-state index is 13.2. The summed E-state index contributed by atoms with van der Waals surface area (Å²) in [5.41, 5.74) is 0. The SMILES string of the molecule is CCCCCCCCSSCCOC(=O)CCN(CCCN(C)CCCN(CCC(=O)OCC(CCCC)CCCCCC)CCC(=O)OCC(CCCC)CCCCCC)CCC(=O)OCC(CCCC)CCCCCC. The Morgan fingerprint density at radius 3 is 0.974 bits per heavy atom. The highest BCUT2D eigenvalue weighted by Crippen LogP contribution is 2.24. The first-order chi connectivity index (χ1) is 38.0. The monoisotopic (exact) mass is 1140 g/mol. The van der Waals surface area contributed by atoms with E-state index in [-0.39, 0.29) is 23.9 Å². The Morgan fingerprint density at radius 1 is 0.321 bits per heavy atom. The molecule has 0 saturated heterocycles. The standard InChI is InChI=1S/C65H127N3O8S2/c1-9-16-23-27-28-32-54-77-78-55-53-73-62(69)41-49-67(50-42-63(70)74-56-59(35-20-13-5)38-29-24-17-10-2)47-33-45-66(8)46-34-48-68(51-43-64(71)75-57-60(36-21-14-6)39-30-25-18-11-3)52-44-65(72)76-58-61(37-22-15-7)40-31-26-19-12-4/h59-61H,9-58H2,1-8H3. The smallest absolute Gasteiger partial charge is 0.307 e. The van der Waals surface area contributed by atoms with Crippen LogP contribution in [0.15, 0.2) is 0 Å². The Morgan fingerprint density at radius 2 is 0.615 bits per heavy atom. The fourth-order valence-electron chi connectivity index (χ4n) is 10.1. The summed E-state index contributed by atoms with van der Waals surface area (Å²) in [6.07, 6.45) is 39.1. The van der Waals surface area contributed by atoms with Crippen LogP contribution in [0.2, 0.25) is 0 Å². The van der Waals surface area contributed by atoms with E-state index < -0.39 is 0 Å². The molecule has 0 N–H and O–H groups in total. The molecule has 13 heteroatoms. The molecule has 0 aliphatic heterocycles. The highest BCUT2D eigenvalue weighted by molar-refractivity contribution is 8.76. The van der Waals surface area contributed by atoms with Gasteiger partial charge in [0.2, 0.25) is 0 Å². The Kier molecular flexibility index (Phi) is 57.5. The minimum absolute atomic E-state index is 0.149. The van der Waals surface area contributed by atoms with Crippen LogP contribution in [-0.4, -0.2) is 136 Å². The van der Waals surface area contributed by atoms with Gasteiger partial charge in [-0.1, -0.05) is 218 Å². The summed E-state index contributed by atoms with van der Waals surface area (Å²) in [4.78, 5) is 59.4. The first-order valence-corrected chi connectivity index (χ1v) is 35.5. The van der Waals surface area contributed by atoms with Crippen LogP contribution in [0.4, 0.5) is 0 Å². The molecule has 0 aromatic heterocycles. The second-order valence-corrected chi connectivity index (χ2v) is 25.6. The molecule has 3 atom stereocenters. The van der Waals surface area contributed by atoms with Crippen LogP contribution in [-0.2, 0) is 38.1 Å². The molecular weight excluding hydrogens is 1010 g/mol. The van der Waals surface area contributed by atoms with Crippen molar-refractivity contribution in [2.45, 2.75) is 280 Å². The summed E-state index contributed by atoms with van der Waals surface area (Å²) in [5.74, 6) is 2.56. The fourth-order valence-corrected chi connectivity index (χ4v) is 12.0. The van der Waals surface area contributed by atoms with Crippen molar-refractivity contribution >= 4 is 45.5 Å². The maximum Gasteiger partial charge on any atom is 0.307 e. The number of hydrogen-bond acceptors (Lipinski definition) is 13. The highest BCUT2D eigenvalue weighted by atomic mass is 33.1. The van der Waals surface area contributed by atoms with E-state index in [0.717, 1.165) is 128 Å². The van der Waals surface area contributed by atoms with E-state index in [1.165, 1.54) is 116 Å². The van der Waals surface area contributed by atoms with E-state index in [0.29, 0.717) is 96.0 Å². The molecule has 0 bridgehead atoms. The molecule has 0 spiro atoms. The van der Waals surface area contributed by atoms with Crippen LogP contribution in [0.25, 0.3) is 0 Å². The molecule has 462 valence electrons. The largest absolute Gasteiger partial charge is 0.465 e. The third-order valence-electron chi connectivity index (χ3n) is 15.4. The molecule has 0 saturated carbocycles. The minimum Gasteiger partial charge on any atom is -0.465 e. The van der Waals surface area contributed by atoms with Crippen molar-refractivity contribution in [3.63, 3.8) is 0 Å². The van der Waals surface area contributed by atoms with Crippen LogP contribution >= 0.6 is 21.6 Å². The van der Waals surface area contributed by atoms with Gasteiger partial charge in [-0.05, 0) is 109 Å². The maximum absolute atomic E-state index is 13.2. The van der Waals surface area contributed by atoms with Crippen LogP contribution in [0, 0.1) is 17.8 Å². The summed E-state index contributed by atoms with van der Waals surface area (Å²) >= 11 is 0. The number of nitrogens with zero attached hydrogens (tertiary/aromatic N) is 3. The van der Waals surface area contributed by atoms with Crippen molar-refractivity contribution in [2.75, 3.05) is 97.3 Å². The lowest BCUT2D eigenvalue weighted by Gasteiger charge is -2.25. The van der Waals surface area contributed by atoms with Gasteiger partial charge in [0.15, 0.2) is 0 Å². The van der Waals surface area contributed by atoms with Gasteiger partial charge in [0, 0.05) is 37.7 Å². The van der Waals surface area contributed by atoms with E-state index in [1.54, 1.807) is 10.8 Å². The Balaban J connectivity index is 5.55. The van der Waals surface area contributed by atoms with Gasteiger partial charge in [0.05, 0.1) is 45.5 Å². The molecule has 0 fully saturated rings. The zero-order chi connectivity index (χ0) is 57.4. The lowest BCUT2D eigenvalue weighted by Crippen LogP contribution is -2.34. The number of carbonyl (C=O) groups is 4. The Labute approximate surface area is 490 Å². The van der Waals surface area contributed by atoms with Gasteiger partial charge in [0.1, 0.15) is 6.61 Å². The van der Waals surface area contributed by atoms with Crippen molar-refractivity contribution in [2.24, 2.45) is 17.8 Å². The number of carbonyl (C=O) groups excluding carboxylic acids is 4. The molecule has 3 unspecified atom stereocenters. The molecule has 0 amide bonds. The third kappa shape index (κ3) is 51.3. The zero-order valence-electron chi connectivity index (χ0n) is 52.5. The molecule has 0 aromatic carbocycles. The predicted molar refractivity (Wildman–Crippen MR) is 336 cm³/mol. The molecule has 0 aliphatic carbocycles. The molecule has 0 aliphatic rings. The van der Waals surface area contributed by atoms with Gasteiger partial charge < -0.3 is 33.6 Å². The van der Waals surface area contributed by atoms with Crippen molar-refractivity contribution in [3.8, 4) is 0 Å². The van der Waals surface area contributed by atoms with Crippen molar-refractivity contribution < 1.29 is 38.1 Å². The number of rotatable bonds is 61. The summed E-state index contributed by atoms with van der Waals surface area (Å²) in [6, 6.07) is 0.